The summed E-state index contributed by atoms with van der Waals surface area (Å²) in [5.41, 5.74) is 1.66. The van der Waals surface area contributed by atoms with Crippen LogP contribution in [0.5, 0.6) is 17.2 Å². The SMILES string of the molecule is COc1cc(C=Nn2c(-c3ccccc3)nc3ccccc3c2=O)cc(OC)c1O. The van der Waals surface area contributed by atoms with Crippen LogP contribution < -0.4 is 15.0 Å². The minimum absolute atomic E-state index is 0.105. The summed E-state index contributed by atoms with van der Waals surface area (Å²) in [5, 5.41) is 15.0. The third-order valence-electron chi connectivity index (χ3n) is 4.61. The van der Waals surface area contributed by atoms with Gasteiger partial charge in [-0.25, -0.2) is 4.98 Å². The van der Waals surface area contributed by atoms with E-state index >= 15 is 0 Å². The highest BCUT2D eigenvalue weighted by Gasteiger charge is 2.13. The number of para-hydroxylation sites is 1. The van der Waals surface area contributed by atoms with Gasteiger partial charge in [0.05, 0.1) is 31.3 Å². The van der Waals surface area contributed by atoms with E-state index in [1.165, 1.54) is 25.1 Å². The first-order chi connectivity index (χ1) is 14.6. The molecule has 7 heteroatoms. The molecule has 3 aromatic carbocycles. The van der Waals surface area contributed by atoms with Gasteiger partial charge in [-0.3, -0.25) is 4.79 Å². The van der Waals surface area contributed by atoms with Crippen molar-refractivity contribution in [3.8, 4) is 28.6 Å². The first kappa shape index (κ1) is 19.2. The smallest absolute Gasteiger partial charge is 0.282 e. The first-order valence-electron chi connectivity index (χ1n) is 9.19. The second-order valence-corrected chi connectivity index (χ2v) is 6.45. The first-order valence-corrected chi connectivity index (χ1v) is 9.19. The molecule has 150 valence electrons. The predicted molar refractivity (Wildman–Crippen MR) is 116 cm³/mol. The normalized spacial score (nSPS) is 11.1. The minimum atomic E-state index is -0.284. The number of ether oxygens (including phenoxy) is 2. The van der Waals surface area contributed by atoms with Crippen molar-refractivity contribution in [2.75, 3.05) is 14.2 Å². The lowest BCUT2D eigenvalue weighted by Crippen LogP contribution is -2.20. The van der Waals surface area contributed by atoms with Crippen LogP contribution in [0.15, 0.2) is 76.6 Å². The topological polar surface area (TPSA) is 85.9 Å². The van der Waals surface area contributed by atoms with Crippen molar-refractivity contribution >= 4 is 17.1 Å². The van der Waals surface area contributed by atoms with Gasteiger partial charge in [-0.05, 0) is 24.3 Å². The van der Waals surface area contributed by atoms with Gasteiger partial charge >= 0.3 is 0 Å². The van der Waals surface area contributed by atoms with Crippen LogP contribution in [0.2, 0.25) is 0 Å². The van der Waals surface area contributed by atoms with Crippen LogP contribution in [0.1, 0.15) is 5.56 Å². The molecule has 0 spiro atoms. The van der Waals surface area contributed by atoms with Gasteiger partial charge in [-0.2, -0.15) is 9.78 Å². The second-order valence-electron chi connectivity index (χ2n) is 6.45. The van der Waals surface area contributed by atoms with E-state index < -0.39 is 0 Å². The predicted octanol–water partition coefficient (Wildman–Crippen LogP) is 3.67. The highest BCUT2D eigenvalue weighted by molar-refractivity contribution is 5.83. The van der Waals surface area contributed by atoms with Crippen LogP contribution in [0.3, 0.4) is 0 Å². The maximum absolute atomic E-state index is 13.2. The molecule has 0 atom stereocenters. The van der Waals surface area contributed by atoms with E-state index in [0.29, 0.717) is 22.3 Å². The fraction of sp³-hybridized carbons (Fsp3) is 0.0870. The summed E-state index contributed by atoms with van der Waals surface area (Å²) in [6.07, 6.45) is 1.49. The van der Waals surface area contributed by atoms with Crippen LogP contribution in [-0.4, -0.2) is 35.2 Å². The standard InChI is InChI=1S/C23H19N3O4/c1-29-19-12-15(13-20(30-2)21(19)27)14-24-26-22(16-8-4-3-5-9-16)25-18-11-7-6-10-17(18)23(26)28/h3-14,27H,1-2H3. The number of rotatable bonds is 5. The molecular formula is C23H19N3O4. The van der Waals surface area contributed by atoms with E-state index in [1.807, 2.05) is 36.4 Å². The molecule has 4 rings (SSSR count). The van der Waals surface area contributed by atoms with Gasteiger partial charge in [-0.1, -0.05) is 42.5 Å². The largest absolute Gasteiger partial charge is 0.502 e. The van der Waals surface area contributed by atoms with Gasteiger partial charge in [0.1, 0.15) is 0 Å². The lowest BCUT2D eigenvalue weighted by Gasteiger charge is -2.11. The molecule has 0 aliphatic heterocycles. The molecule has 1 aromatic heterocycles. The zero-order chi connectivity index (χ0) is 21.1. The van der Waals surface area contributed by atoms with Crippen molar-refractivity contribution in [1.82, 2.24) is 9.66 Å². The number of hydrogen-bond acceptors (Lipinski definition) is 6. The Labute approximate surface area is 172 Å². The number of nitrogens with zero attached hydrogens (tertiary/aromatic N) is 3. The molecule has 0 saturated heterocycles. The molecule has 0 radical (unpaired) electrons. The molecule has 0 bridgehead atoms. The highest BCUT2D eigenvalue weighted by Crippen LogP contribution is 2.36. The Bertz CT molecular complexity index is 1270. The maximum atomic E-state index is 13.2. The molecule has 0 fully saturated rings. The molecule has 30 heavy (non-hydrogen) atoms. The Morgan fingerprint density at radius 2 is 1.60 bits per heavy atom. The van der Waals surface area contributed by atoms with Crippen molar-refractivity contribution in [2.24, 2.45) is 5.10 Å². The lowest BCUT2D eigenvalue weighted by atomic mass is 10.2. The summed E-state index contributed by atoms with van der Waals surface area (Å²) >= 11 is 0. The monoisotopic (exact) mass is 401 g/mol. The molecular weight excluding hydrogens is 382 g/mol. The van der Waals surface area contributed by atoms with Crippen LogP contribution >= 0.6 is 0 Å². The summed E-state index contributed by atoms with van der Waals surface area (Å²) in [6, 6.07) is 19.7. The van der Waals surface area contributed by atoms with E-state index in [9.17, 15) is 9.90 Å². The van der Waals surface area contributed by atoms with Gasteiger partial charge < -0.3 is 14.6 Å². The quantitative estimate of drug-likeness (QED) is 0.516. The van der Waals surface area contributed by atoms with Crippen molar-refractivity contribution in [1.29, 1.82) is 0 Å². The second kappa shape index (κ2) is 8.08. The zero-order valence-electron chi connectivity index (χ0n) is 16.4. The van der Waals surface area contributed by atoms with Crippen molar-refractivity contribution < 1.29 is 14.6 Å². The summed E-state index contributed by atoms with van der Waals surface area (Å²) in [7, 11) is 2.89. The third kappa shape index (κ3) is 3.48. The number of benzene rings is 3. The number of aromatic nitrogens is 2. The number of fused-ring (bicyclic) bond motifs is 1. The number of phenolic OH excluding ortho intramolecular Hbond substituents is 1. The average molecular weight is 401 g/mol. The molecule has 1 heterocycles. The van der Waals surface area contributed by atoms with Gasteiger partial charge in [0.15, 0.2) is 17.3 Å². The molecule has 0 saturated carbocycles. The van der Waals surface area contributed by atoms with Crippen molar-refractivity contribution in [2.45, 2.75) is 0 Å². The van der Waals surface area contributed by atoms with Crippen LogP contribution in [0.25, 0.3) is 22.3 Å². The van der Waals surface area contributed by atoms with E-state index in [4.69, 9.17) is 9.47 Å². The Balaban J connectivity index is 1.90. The molecule has 0 amide bonds. The molecule has 0 unspecified atom stereocenters. The number of methoxy groups -OCH3 is 2. The van der Waals surface area contributed by atoms with Crippen LogP contribution in [-0.2, 0) is 0 Å². The van der Waals surface area contributed by atoms with Gasteiger partial charge in [0, 0.05) is 11.1 Å². The van der Waals surface area contributed by atoms with Crippen LogP contribution in [0.4, 0.5) is 0 Å². The molecule has 0 aliphatic carbocycles. The highest BCUT2D eigenvalue weighted by atomic mass is 16.5. The summed E-state index contributed by atoms with van der Waals surface area (Å²) in [6.45, 7) is 0. The summed E-state index contributed by atoms with van der Waals surface area (Å²) in [5.74, 6) is 0.797. The lowest BCUT2D eigenvalue weighted by molar-refractivity contribution is 0.340. The Morgan fingerprint density at radius 3 is 2.27 bits per heavy atom. The van der Waals surface area contributed by atoms with Gasteiger partial charge in [0.25, 0.3) is 5.56 Å². The number of aromatic hydroxyl groups is 1. The fourth-order valence-corrected chi connectivity index (χ4v) is 3.12. The molecule has 1 N–H and O–H groups in total. The Hall–Kier alpha value is -4.13. The fourth-order valence-electron chi connectivity index (χ4n) is 3.12. The molecule has 4 aromatic rings. The summed E-state index contributed by atoms with van der Waals surface area (Å²) < 4.78 is 11.6. The zero-order valence-corrected chi connectivity index (χ0v) is 16.4. The summed E-state index contributed by atoms with van der Waals surface area (Å²) in [4.78, 5) is 17.8. The van der Waals surface area contributed by atoms with E-state index in [-0.39, 0.29) is 22.8 Å². The maximum Gasteiger partial charge on any atom is 0.282 e. The van der Waals surface area contributed by atoms with E-state index in [1.54, 1.807) is 30.3 Å². The van der Waals surface area contributed by atoms with Crippen molar-refractivity contribution in [3.05, 3.63) is 82.6 Å². The van der Waals surface area contributed by atoms with E-state index in [0.717, 1.165) is 5.56 Å². The van der Waals surface area contributed by atoms with Crippen molar-refractivity contribution in [3.63, 3.8) is 0 Å². The Kier molecular flexibility index (Phi) is 5.17. The Morgan fingerprint density at radius 1 is 0.967 bits per heavy atom. The third-order valence-corrected chi connectivity index (χ3v) is 4.61. The molecule has 0 aliphatic rings. The van der Waals surface area contributed by atoms with Crippen LogP contribution in [0, 0.1) is 0 Å². The molecule has 7 nitrogen and oxygen atoms in total. The van der Waals surface area contributed by atoms with Gasteiger partial charge in [0.2, 0.25) is 5.75 Å². The average Bonchev–Trinajstić information content (AvgIpc) is 2.79. The number of phenols is 1. The van der Waals surface area contributed by atoms with Gasteiger partial charge in [-0.15, -0.1) is 0 Å². The number of hydrogen-bond donors (Lipinski definition) is 1. The van der Waals surface area contributed by atoms with E-state index in [2.05, 4.69) is 10.1 Å². The minimum Gasteiger partial charge on any atom is -0.502 e.